The molecule has 0 spiro atoms. The topological polar surface area (TPSA) is 67.2 Å². The third-order valence-corrected chi connectivity index (χ3v) is 8.56. The number of aromatic nitrogens is 4. The molecule has 1 aliphatic heterocycles. The maximum Gasteiger partial charge on any atom is 0.236 e. The molecule has 1 atom stereocenters. The number of halogens is 2. The van der Waals surface area contributed by atoms with Gasteiger partial charge in [0.15, 0.2) is 5.65 Å². The molecule has 0 radical (unpaired) electrons. The lowest BCUT2D eigenvalue weighted by Gasteiger charge is -2.37. The number of rotatable bonds is 6. The molecule has 1 amide bonds. The van der Waals surface area contributed by atoms with E-state index >= 15 is 0 Å². The number of hydrogen-bond donors (Lipinski definition) is 0. The van der Waals surface area contributed by atoms with Gasteiger partial charge in [-0.25, -0.2) is 9.37 Å². The second-order valence-corrected chi connectivity index (χ2v) is 11.7. The second kappa shape index (κ2) is 11.1. The van der Waals surface area contributed by atoms with Crippen LogP contribution in [0.15, 0.2) is 71.9 Å². The van der Waals surface area contributed by atoms with Gasteiger partial charge in [0.2, 0.25) is 11.1 Å². The van der Waals surface area contributed by atoms with Gasteiger partial charge in [-0.2, -0.15) is 0 Å². The largest absolute Gasteiger partial charge is 0.367 e. The summed E-state index contributed by atoms with van der Waals surface area (Å²) in [6.07, 6.45) is 0. The van der Waals surface area contributed by atoms with Crippen molar-refractivity contribution in [2.75, 3.05) is 31.1 Å². The third-order valence-electron chi connectivity index (χ3n) is 7.30. The number of benzene rings is 3. The second-order valence-electron chi connectivity index (χ2n) is 9.99. The van der Waals surface area contributed by atoms with Crippen LogP contribution in [-0.4, -0.2) is 62.0 Å². The van der Waals surface area contributed by atoms with E-state index in [4.69, 9.17) is 16.6 Å². The van der Waals surface area contributed by atoms with Gasteiger partial charge >= 0.3 is 0 Å². The number of thioether (sulfide) groups is 1. The number of para-hydroxylation sites is 1. The zero-order valence-electron chi connectivity index (χ0n) is 22.2. The number of piperazine rings is 1. The molecule has 1 saturated heterocycles. The number of carbonyl (C=O) groups excluding carboxylic acids is 1. The highest BCUT2D eigenvalue weighted by Gasteiger charge is 2.27. The monoisotopic (exact) mass is 574 g/mol. The number of hydrogen-bond acceptors (Lipinski definition) is 6. The van der Waals surface area contributed by atoms with Gasteiger partial charge in [0, 0.05) is 37.1 Å². The molecule has 3 aromatic carbocycles. The van der Waals surface area contributed by atoms with Gasteiger partial charge in [0.05, 0.1) is 28.0 Å². The Hall–Kier alpha value is -3.69. The summed E-state index contributed by atoms with van der Waals surface area (Å²) in [5.41, 5.74) is 4.84. The van der Waals surface area contributed by atoms with E-state index in [2.05, 4.69) is 15.1 Å². The lowest BCUT2D eigenvalue weighted by atomic mass is 10.1. The van der Waals surface area contributed by atoms with Crippen LogP contribution < -0.4 is 4.90 Å². The van der Waals surface area contributed by atoms with E-state index in [-0.39, 0.29) is 11.7 Å². The van der Waals surface area contributed by atoms with Crippen molar-refractivity contribution in [2.24, 2.45) is 0 Å². The Balaban J connectivity index is 1.23. The van der Waals surface area contributed by atoms with E-state index in [0.717, 1.165) is 22.2 Å². The van der Waals surface area contributed by atoms with Crippen molar-refractivity contribution < 1.29 is 9.18 Å². The maximum absolute atomic E-state index is 14.6. The first kappa shape index (κ1) is 26.5. The molecule has 5 aromatic rings. The van der Waals surface area contributed by atoms with Gasteiger partial charge in [-0.3, -0.25) is 4.79 Å². The number of anilines is 1. The van der Waals surface area contributed by atoms with Crippen molar-refractivity contribution in [1.82, 2.24) is 24.6 Å². The molecule has 0 bridgehead atoms. The summed E-state index contributed by atoms with van der Waals surface area (Å²) in [5, 5.41) is 10.6. The zero-order valence-corrected chi connectivity index (χ0v) is 23.8. The number of amides is 1. The van der Waals surface area contributed by atoms with E-state index in [1.807, 2.05) is 71.8 Å². The standard InChI is InChI=1S/C30H28ClFN6OS/c1-19-11-12-25-22(17-19)27-28(38(25)18-21-7-3-5-9-24(21)32)33-30(35-34-27)40-20(2)29(39)37-15-13-36(14-16-37)26-10-6-4-8-23(26)31/h3-12,17,20H,13-16,18H2,1-2H3. The molecule has 204 valence electrons. The number of aryl methyl sites for hydroxylation is 1. The van der Waals surface area contributed by atoms with Crippen LogP contribution in [-0.2, 0) is 11.3 Å². The predicted molar refractivity (Wildman–Crippen MR) is 159 cm³/mol. The van der Waals surface area contributed by atoms with Crippen molar-refractivity contribution in [3.8, 4) is 0 Å². The van der Waals surface area contributed by atoms with Crippen LogP contribution >= 0.6 is 23.4 Å². The summed E-state index contributed by atoms with van der Waals surface area (Å²) in [4.78, 5) is 22.3. The van der Waals surface area contributed by atoms with Crippen molar-refractivity contribution in [3.63, 3.8) is 0 Å². The van der Waals surface area contributed by atoms with Crippen LogP contribution in [0.1, 0.15) is 18.1 Å². The van der Waals surface area contributed by atoms with Crippen LogP contribution in [0.4, 0.5) is 10.1 Å². The molecule has 1 fully saturated rings. The maximum atomic E-state index is 14.6. The van der Waals surface area contributed by atoms with Crippen molar-refractivity contribution in [1.29, 1.82) is 0 Å². The normalized spacial score (nSPS) is 14.7. The fourth-order valence-corrected chi connectivity index (χ4v) is 6.25. The fourth-order valence-electron chi connectivity index (χ4n) is 5.20. The Bertz CT molecular complexity index is 1720. The first-order valence-electron chi connectivity index (χ1n) is 13.2. The van der Waals surface area contributed by atoms with Crippen molar-refractivity contribution in [3.05, 3.63) is 88.7 Å². The molecule has 6 rings (SSSR count). The molecule has 0 saturated carbocycles. The van der Waals surface area contributed by atoms with Crippen LogP contribution in [0.2, 0.25) is 5.02 Å². The molecular weight excluding hydrogens is 547 g/mol. The van der Waals surface area contributed by atoms with Gasteiger partial charge in [-0.05, 0) is 44.2 Å². The minimum atomic E-state index is -0.391. The predicted octanol–water partition coefficient (Wildman–Crippen LogP) is 5.96. The highest BCUT2D eigenvalue weighted by Crippen LogP contribution is 2.31. The molecular formula is C30H28ClFN6OS. The van der Waals surface area contributed by atoms with Crippen LogP contribution in [0.25, 0.3) is 22.1 Å². The van der Waals surface area contributed by atoms with E-state index < -0.39 is 5.25 Å². The lowest BCUT2D eigenvalue weighted by Crippen LogP contribution is -2.50. The first-order chi connectivity index (χ1) is 19.4. The highest BCUT2D eigenvalue weighted by molar-refractivity contribution is 8.00. The average Bonchev–Trinajstić information content (AvgIpc) is 3.26. The summed E-state index contributed by atoms with van der Waals surface area (Å²) in [7, 11) is 0. The van der Waals surface area contributed by atoms with Crippen molar-refractivity contribution >= 4 is 57.0 Å². The summed E-state index contributed by atoms with van der Waals surface area (Å²) < 4.78 is 16.6. The Morgan fingerprint density at radius 1 is 1.02 bits per heavy atom. The van der Waals surface area contributed by atoms with Crippen molar-refractivity contribution in [2.45, 2.75) is 30.8 Å². The molecule has 0 N–H and O–H groups in total. The Morgan fingerprint density at radius 2 is 1.77 bits per heavy atom. The van der Waals surface area contributed by atoms with Crippen LogP contribution in [0.5, 0.6) is 0 Å². The summed E-state index contributed by atoms with van der Waals surface area (Å²) in [6.45, 7) is 6.86. The summed E-state index contributed by atoms with van der Waals surface area (Å²) in [6, 6.07) is 20.6. The molecule has 3 heterocycles. The van der Waals surface area contributed by atoms with Gasteiger partial charge in [0.25, 0.3) is 0 Å². The van der Waals surface area contributed by atoms with E-state index in [9.17, 15) is 9.18 Å². The van der Waals surface area contributed by atoms with Gasteiger partial charge < -0.3 is 14.4 Å². The average molecular weight is 575 g/mol. The Labute approximate surface area is 241 Å². The molecule has 10 heteroatoms. The summed E-state index contributed by atoms with van der Waals surface area (Å²) >= 11 is 7.66. The SMILES string of the molecule is Cc1ccc2c(c1)c1nnc(SC(C)C(=O)N3CCN(c4ccccc4Cl)CC3)nc1n2Cc1ccccc1F. The quantitative estimate of drug-likeness (QED) is 0.233. The zero-order chi connectivity index (χ0) is 27.8. The number of fused-ring (bicyclic) bond motifs is 3. The smallest absolute Gasteiger partial charge is 0.236 e. The molecule has 40 heavy (non-hydrogen) atoms. The van der Waals surface area contributed by atoms with Crippen LogP contribution in [0, 0.1) is 12.7 Å². The molecule has 1 aliphatic rings. The minimum absolute atomic E-state index is 0.0371. The van der Waals surface area contributed by atoms with Gasteiger partial charge in [-0.1, -0.05) is 65.3 Å². The molecule has 7 nitrogen and oxygen atoms in total. The van der Waals surface area contributed by atoms with E-state index in [1.165, 1.54) is 17.8 Å². The molecule has 0 aliphatic carbocycles. The fraction of sp³-hybridized carbons (Fsp3) is 0.267. The van der Waals surface area contributed by atoms with Crippen LogP contribution in [0.3, 0.4) is 0 Å². The summed E-state index contributed by atoms with van der Waals surface area (Å²) in [5.74, 6) is -0.231. The Morgan fingerprint density at radius 3 is 2.55 bits per heavy atom. The first-order valence-corrected chi connectivity index (χ1v) is 14.5. The van der Waals surface area contributed by atoms with Gasteiger partial charge in [-0.15, -0.1) is 10.2 Å². The molecule has 1 unspecified atom stereocenters. The minimum Gasteiger partial charge on any atom is -0.367 e. The number of carbonyl (C=O) groups is 1. The number of nitrogens with zero attached hydrogens (tertiary/aromatic N) is 6. The third kappa shape index (κ3) is 5.11. The Kier molecular flexibility index (Phi) is 7.33. The molecule has 2 aromatic heterocycles. The lowest BCUT2D eigenvalue weighted by molar-refractivity contribution is -0.130. The van der Waals surface area contributed by atoms with E-state index in [1.54, 1.807) is 12.1 Å². The van der Waals surface area contributed by atoms with E-state index in [0.29, 0.717) is 59.6 Å². The highest BCUT2D eigenvalue weighted by atomic mass is 35.5. The van der Waals surface area contributed by atoms with Gasteiger partial charge in [0.1, 0.15) is 11.3 Å².